The van der Waals surface area contributed by atoms with Crippen LogP contribution in [0.25, 0.3) is 0 Å². The number of carbonyl (C=O) groups is 1. The Kier molecular flexibility index (Phi) is 5.59. The van der Waals surface area contributed by atoms with E-state index in [4.69, 9.17) is 13.9 Å². The van der Waals surface area contributed by atoms with Crippen LogP contribution in [0, 0.1) is 5.82 Å². The van der Waals surface area contributed by atoms with E-state index >= 15 is 0 Å². The Balaban J connectivity index is 1.75. The van der Waals surface area contributed by atoms with Crippen LogP contribution < -0.4 is 9.47 Å². The predicted octanol–water partition coefficient (Wildman–Crippen LogP) is 5.19. The van der Waals surface area contributed by atoms with E-state index < -0.39 is 11.9 Å². The minimum Gasteiger partial charge on any atom is -0.497 e. The molecule has 0 fully saturated rings. The van der Waals surface area contributed by atoms with E-state index in [2.05, 4.69) is 21.0 Å². The second kappa shape index (κ2) is 8.31. The van der Waals surface area contributed by atoms with E-state index in [0.717, 1.165) is 11.1 Å². The molecule has 1 atom stereocenters. The molecule has 8 heteroatoms. The van der Waals surface area contributed by atoms with Crippen molar-refractivity contribution in [2.75, 3.05) is 14.2 Å². The van der Waals surface area contributed by atoms with Gasteiger partial charge in [0, 0.05) is 18.1 Å². The summed E-state index contributed by atoms with van der Waals surface area (Å²) in [5.74, 6) is 0.652. The first-order valence-corrected chi connectivity index (χ1v) is 9.93. The molecule has 30 heavy (non-hydrogen) atoms. The molecule has 2 aromatic carbocycles. The van der Waals surface area contributed by atoms with Crippen LogP contribution in [0.4, 0.5) is 4.39 Å². The molecule has 0 N–H and O–H groups in total. The first-order chi connectivity index (χ1) is 14.5. The van der Waals surface area contributed by atoms with Crippen molar-refractivity contribution < 1.29 is 23.1 Å². The summed E-state index contributed by atoms with van der Waals surface area (Å²) in [5, 5.41) is 5.97. The number of hydrogen-bond donors (Lipinski definition) is 0. The zero-order valence-corrected chi connectivity index (χ0v) is 17.8. The summed E-state index contributed by atoms with van der Waals surface area (Å²) in [7, 11) is 3.14. The van der Waals surface area contributed by atoms with Gasteiger partial charge in [-0.1, -0.05) is 12.1 Å². The zero-order chi connectivity index (χ0) is 21.3. The molecule has 0 radical (unpaired) electrons. The number of nitrogens with zero attached hydrogens (tertiary/aromatic N) is 2. The highest BCUT2D eigenvalue weighted by Gasteiger charge is 2.35. The van der Waals surface area contributed by atoms with Gasteiger partial charge in [0.2, 0.25) is 0 Å². The van der Waals surface area contributed by atoms with Gasteiger partial charge < -0.3 is 13.9 Å². The molecule has 1 amide bonds. The average Bonchev–Trinajstić information content (AvgIpc) is 3.40. The number of carbonyl (C=O) groups excluding carboxylic acids is 1. The van der Waals surface area contributed by atoms with Crippen LogP contribution in [0.5, 0.6) is 11.5 Å². The Morgan fingerprint density at radius 1 is 1.13 bits per heavy atom. The molecule has 6 nitrogen and oxygen atoms in total. The zero-order valence-electron chi connectivity index (χ0n) is 16.3. The number of methoxy groups -OCH3 is 2. The van der Waals surface area contributed by atoms with Crippen molar-refractivity contribution in [2.24, 2.45) is 5.10 Å². The number of hydrogen-bond acceptors (Lipinski definition) is 5. The maximum Gasteiger partial charge on any atom is 0.310 e. The van der Waals surface area contributed by atoms with Crippen LogP contribution >= 0.6 is 15.9 Å². The molecule has 3 aromatic rings. The smallest absolute Gasteiger partial charge is 0.310 e. The fraction of sp³-hybridized carbons (Fsp3) is 0.182. The summed E-state index contributed by atoms with van der Waals surface area (Å²) >= 11 is 3.21. The molecule has 1 aromatic heterocycles. The molecular weight excluding hydrogens is 455 g/mol. The maximum absolute atomic E-state index is 13.5. The Labute approximate surface area is 181 Å². The minimum absolute atomic E-state index is 0.153. The molecule has 2 heterocycles. The van der Waals surface area contributed by atoms with Crippen LogP contribution in [0.1, 0.15) is 34.1 Å². The molecule has 1 aliphatic heterocycles. The number of benzene rings is 2. The largest absolute Gasteiger partial charge is 0.497 e. The van der Waals surface area contributed by atoms with Crippen LogP contribution in [0.15, 0.2) is 68.8 Å². The van der Waals surface area contributed by atoms with Gasteiger partial charge in [-0.3, -0.25) is 4.79 Å². The standard InChI is InChI=1S/C22H18BrFN2O4/c1-28-15-7-8-16(20(11-15)29-2)17-12-18(13-3-5-14(24)6-4-13)26(25-17)22(27)19-9-10-21(23)30-19/h3-11,18H,12H2,1-2H3. The van der Waals surface area contributed by atoms with Crippen molar-refractivity contribution in [3.8, 4) is 11.5 Å². The lowest BCUT2D eigenvalue weighted by Gasteiger charge is -2.21. The number of halogens is 2. The summed E-state index contributed by atoms with van der Waals surface area (Å²) in [5.41, 5.74) is 2.19. The Hall–Kier alpha value is -3.13. The summed E-state index contributed by atoms with van der Waals surface area (Å²) in [6.45, 7) is 0. The van der Waals surface area contributed by atoms with Crippen molar-refractivity contribution in [3.63, 3.8) is 0 Å². The van der Waals surface area contributed by atoms with Gasteiger partial charge in [-0.05, 0) is 57.9 Å². The SMILES string of the molecule is COc1ccc(C2=NN(C(=O)c3ccc(Br)o3)C(c3ccc(F)cc3)C2)c(OC)c1. The molecule has 154 valence electrons. The molecule has 1 aliphatic rings. The van der Waals surface area contributed by atoms with Crippen molar-refractivity contribution in [2.45, 2.75) is 12.5 Å². The second-order valence-corrected chi connectivity index (χ2v) is 7.42. The number of rotatable bonds is 5. The van der Waals surface area contributed by atoms with Crippen LogP contribution in [-0.4, -0.2) is 30.8 Å². The van der Waals surface area contributed by atoms with E-state index in [1.165, 1.54) is 17.1 Å². The first kappa shape index (κ1) is 20.2. The molecule has 0 spiro atoms. The topological polar surface area (TPSA) is 64.3 Å². The Morgan fingerprint density at radius 3 is 2.53 bits per heavy atom. The van der Waals surface area contributed by atoms with Gasteiger partial charge in [0.1, 0.15) is 17.3 Å². The van der Waals surface area contributed by atoms with E-state index in [9.17, 15) is 9.18 Å². The first-order valence-electron chi connectivity index (χ1n) is 9.14. The lowest BCUT2D eigenvalue weighted by Crippen LogP contribution is -2.26. The number of amides is 1. The van der Waals surface area contributed by atoms with Gasteiger partial charge in [0.05, 0.1) is 26.0 Å². The molecule has 4 rings (SSSR count). The quantitative estimate of drug-likeness (QED) is 0.512. The van der Waals surface area contributed by atoms with Crippen molar-refractivity contribution in [3.05, 3.63) is 82.0 Å². The fourth-order valence-electron chi connectivity index (χ4n) is 3.38. The van der Waals surface area contributed by atoms with Crippen LogP contribution in [0.2, 0.25) is 0 Å². The Morgan fingerprint density at radius 2 is 1.90 bits per heavy atom. The fourth-order valence-corrected chi connectivity index (χ4v) is 3.69. The second-order valence-electron chi connectivity index (χ2n) is 6.64. The monoisotopic (exact) mass is 472 g/mol. The molecule has 1 unspecified atom stereocenters. The van der Waals surface area contributed by atoms with Crippen LogP contribution in [0.3, 0.4) is 0 Å². The van der Waals surface area contributed by atoms with E-state index in [-0.39, 0.29) is 11.6 Å². The van der Waals surface area contributed by atoms with Crippen molar-refractivity contribution in [1.29, 1.82) is 0 Å². The number of furan rings is 1. The summed E-state index contributed by atoms with van der Waals surface area (Å²) in [4.78, 5) is 13.1. The highest BCUT2D eigenvalue weighted by molar-refractivity contribution is 9.10. The summed E-state index contributed by atoms with van der Waals surface area (Å²) in [6.07, 6.45) is 0.432. The lowest BCUT2D eigenvalue weighted by molar-refractivity contribution is 0.0677. The Bertz CT molecular complexity index is 1110. The van der Waals surface area contributed by atoms with Crippen molar-refractivity contribution >= 4 is 27.5 Å². The van der Waals surface area contributed by atoms with Gasteiger partial charge >= 0.3 is 5.91 Å². The number of hydrazone groups is 1. The maximum atomic E-state index is 13.5. The average molecular weight is 473 g/mol. The van der Waals surface area contributed by atoms with Gasteiger partial charge in [0.15, 0.2) is 10.4 Å². The molecule has 0 saturated carbocycles. The van der Waals surface area contributed by atoms with E-state index in [1.54, 1.807) is 50.6 Å². The lowest BCUT2D eigenvalue weighted by atomic mass is 9.97. The van der Waals surface area contributed by atoms with Gasteiger partial charge in [-0.25, -0.2) is 9.40 Å². The highest BCUT2D eigenvalue weighted by Crippen LogP contribution is 2.37. The molecular formula is C22H18BrFN2O4. The highest BCUT2D eigenvalue weighted by atomic mass is 79.9. The van der Waals surface area contributed by atoms with Crippen molar-refractivity contribution in [1.82, 2.24) is 5.01 Å². The molecule has 0 bridgehead atoms. The third-order valence-corrected chi connectivity index (χ3v) is 5.30. The van der Waals surface area contributed by atoms with E-state index in [0.29, 0.717) is 28.3 Å². The minimum atomic E-state index is -0.413. The summed E-state index contributed by atoms with van der Waals surface area (Å²) < 4.78 is 30.1. The molecule has 0 aliphatic carbocycles. The number of ether oxygens (including phenoxy) is 2. The third kappa shape index (κ3) is 3.82. The normalized spacial score (nSPS) is 15.8. The van der Waals surface area contributed by atoms with Gasteiger partial charge in [-0.2, -0.15) is 5.10 Å². The molecule has 0 saturated heterocycles. The predicted molar refractivity (Wildman–Crippen MR) is 112 cm³/mol. The van der Waals surface area contributed by atoms with E-state index in [1.807, 2.05) is 6.07 Å². The van der Waals surface area contributed by atoms with Gasteiger partial charge in [0.25, 0.3) is 0 Å². The van der Waals surface area contributed by atoms with Crippen LogP contribution in [-0.2, 0) is 0 Å². The summed E-state index contributed by atoms with van der Waals surface area (Å²) in [6, 6.07) is 14.3. The third-order valence-electron chi connectivity index (χ3n) is 4.88. The van der Waals surface area contributed by atoms with Gasteiger partial charge in [-0.15, -0.1) is 0 Å².